The Kier molecular flexibility index (Phi) is 7.89. The molecule has 0 radical (unpaired) electrons. The van der Waals surface area contributed by atoms with E-state index < -0.39 is 53.3 Å². The van der Waals surface area contributed by atoms with Crippen LogP contribution in [0.2, 0.25) is 0 Å². The van der Waals surface area contributed by atoms with E-state index in [1.54, 1.807) is 20.8 Å². The molecule has 32 heavy (non-hydrogen) atoms. The summed E-state index contributed by atoms with van der Waals surface area (Å²) >= 11 is 0. The van der Waals surface area contributed by atoms with Crippen LogP contribution in [0.5, 0.6) is 0 Å². The molecule has 1 atom stereocenters. The van der Waals surface area contributed by atoms with E-state index in [0.717, 1.165) is 0 Å². The average molecular weight is 455 g/mol. The first-order valence-corrected chi connectivity index (χ1v) is 10.0. The lowest BCUT2D eigenvalue weighted by molar-refractivity contribution is -0.199. The van der Waals surface area contributed by atoms with Gasteiger partial charge in [-0.2, -0.15) is 0 Å². The number of carbonyl (C=O) groups excluding carboxylic acids is 7. The standard InChI is InChI=1S/C19H25N3O10/c1-19(2,3)30-18(29)20-11(17(28)32-22-14(25)9-10-15(22)26)5-4-6-16(27)31-21-12(23)7-8-13(21)24/h11H,4-10H2,1-3H3,(H,20,29)/t11-/m0/s1. The molecule has 1 N–H and O–H groups in total. The number of nitrogens with zero attached hydrogens (tertiary/aromatic N) is 2. The molecule has 13 heteroatoms. The first-order valence-electron chi connectivity index (χ1n) is 10.0. The van der Waals surface area contributed by atoms with Gasteiger partial charge in [-0.3, -0.25) is 19.2 Å². The summed E-state index contributed by atoms with van der Waals surface area (Å²) < 4.78 is 5.09. The molecular weight excluding hydrogens is 430 g/mol. The van der Waals surface area contributed by atoms with Crippen molar-refractivity contribution in [3.8, 4) is 0 Å². The highest BCUT2D eigenvalue weighted by Crippen LogP contribution is 2.16. The molecule has 176 valence electrons. The van der Waals surface area contributed by atoms with Crippen LogP contribution in [0.1, 0.15) is 65.7 Å². The summed E-state index contributed by atoms with van der Waals surface area (Å²) in [4.78, 5) is 92.4. The van der Waals surface area contributed by atoms with Crippen LogP contribution in [0.25, 0.3) is 0 Å². The van der Waals surface area contributed by atoms with Crippen molar-refractivity contribution in [1.29, 1.82) is 0 Å². The topological polar surface area (TPSA) is 166 Å². The van der Waals surface area contributed by atoms with Crippen molar-refractivity contribution in [2.75, 3.05) is 0 Å². The molecule has 0 aromatic carbocycles. The molecule has 2 aliphatic heterocycles. The van der Waals surface area contributed by atoms with Gasteiger partial charge >= 0.3 is 18.0 Å². The Hall–Kier alpha value is -3.51. The van der Waals surface area contributed by atoms with Crippen molar-refractivity contribution >= 4 is 41.7 Å². The number of nitrogens with one attached hydrogen (secondary N) is 1. The number of rotatable bonds is 8. The number of ether oxygens (including phenoxy) is 1. The summed E-state index contributed by atoms with van der Waals surface area (Å²) in [5.41, 5.74) is -0.863. The first kappa shape index (κ1) is 24.8. The van der Waals surface area contributed by atoms with Crippen LogP contribution in [-0.4, -0.2) is 63.4 Å². The van der Waals surface area contributed by atoms with Crippen molar-refractivity contribution in [2.45, 2.75) is 77.4 Å². The number of carbonyl (C=O) groups is 7. The first-order chi connectivity index (χ1) is 14.9. The summed E-state index contributed by atoms with van der Waals surface area (Å²) in [6, 6.07) is -1.35. The van der Waals surface area contributed by atoms with E-state index in [1.807, 2.05) is 0 Å². The quantitative estimate of drug-likeness (QED) is 0.502. The van der Waals surface area contributed by atoms with E-state index in [1.165, 1.54) is 0 Å². The zero-order valence-corrected chi connectivity index (χ0v) is 18.0. The van der Waals surface area contributed by atoms with Gasteiger partial charge in [0.1, 0.15) is 11.6 Å². The molecule has 0 bridgehead atoms. The van der Waals surface area contributed by atoms with Crippen LogP contribution in [0.15, 0.2) is 0 Å². The third kappa shape index (κ3) is 7.03. The molecule has 0 unspecified atom stereocenters. The maximum absolute atomic E-state index is 12.5. The van der Waals surface area contributed by atoms with Crippen LogP contribution in [0.4, 0.5) is 4.79 Å². The fourth-order valence-corrected chi connectivity index (χ4v) is 2.77. The van der Waals surface area contributed by atoms with Crippen molar-refractivity contribution in [3.05, 3.63) is 0 Å². The largest absolute Gasteiger partial charge is 0.444 e. The minimum absolute atomic E-state index is 0.0213. The Morgan fingerprint density at radius 2 is 1.34 bits per heavy atom. The Morgan fingerprint density at radius 1 is 0.875 bits per heavy atom. The van der Waals surface area contributed by atoms with Gasteiger partial charge in [-0.05, 0) is 33.6 Å². The van der Waals surface area contributed by atoms with Crippen LogP contribution in [0, 0.1) is 0 Å². The second kappa shape index (κ2) is 10.2. The highest BCUT2D eigenvalue weighted by molar-refractivity contribution is 6.02. The predicted octanol–water partition coefficient (Wildman–Crippen LogP) is 0.264. The molecule has 2 aliphatic rings. The number of alkyl carbamates (subject to hydrolysis) is 1. The van der Waals surface area contributed by atoms with E-state index >= 15 is 0 Å². The van der Waals surface area contributed by atoms with Gasteiger partial charge < -0.3 is 19.7 Å². The summed E-state index contributed by atoms with van der Waals surface area (Å²) in [5.74, 6) is -4.63. The van der Waals surface area contributed by atoms with Gasteiger partial charge in [0, 0.05) is 32.1 Å². The number of amides is 5. The lowest BCUT2D eigenvalue weighted by Gasteiger charge is -2.23. The van der Waals surface area contributed by atoms with Crippen molar-refractivity contribution in [2.24, 2.45) is 0 Å². The molecule has 2 heterocycles. The fourth-order valence-electron chi connectivity index (χ4n) is 2.77. The molecule has 0 aromatic rings. The van der Waals surface area contributed by atoms with Crippen molar-refractivity contribution in [1.82, 2.24) is 15.4 Å². The maximum atomic E-state index is 12.5. The lowest BCUT2D eigenvalue weighted by atomic mass is 10.1. The molecular formula is C19H25N3O10. The molecule has 13 nitrogen and oxygen atoms in total. The van der Waals surface area contributed by atoms with Crippen molar-refractivity contribution < 1.29 is 48.0 Å². The van der Waals surface area contributed by atoms with Crippen LogP contribution < -0.4 is 5.32 Å². The van der Waals surface area contributed by atoms with Crippen LogP contribution in [-0.2, 0) is 43.2 Å². The monoisotopic (exact) mass is 455 g/mol. The van der Waals surface area contributed by atoms with Gasteiger partial charge in [-0.15, -0.1) is 10.1 Å². The molecule has 2 fully saturated rings. The van der Waals surface area contributed by atoms with Gasteiger partial charge in [0.25, 0.3) is 23.6 Å². The molecule has 2 rings (SSSR count). The van der Waals surface area contributed by atoms with Gasteiger partial charge in [0.2, 0.25) is 0 Å². The summed E-state index contributed by atoms with van der Waals surface area (Å²) in [6.07, 6.45) is -1.71. The van der Waals surface area contributed by atoms with E-state index in [-0.39, 0.29) is 44.9 Å². The van der Waals surface area contributed by atoms with E-state index in [0.29, 0.717) is 10.1 Å². The fraction of sp³-hybridized carbons (Fsp3) is 0.632. The normalized spacial score (nSPS) is 17.5. The second-order valence-electron chi connectivity index (χ2n) is 8.13. The number of hydrogen-bond acceptors (Lipinski definition) is 10. The minimum Gasteiger partial charge on any atom is -0.444 e. The smallest absolute Gasteiger partial charge is 0.408 e. The van der Waals surface area contributed by atoms with E-state index in [2.05, 4.69) is 5.32 Å². The average Bonchev–Trinajstić information content (AvgIpc) is 3.16. The highest BCUT2D eigenvalue weighted by atomic mass is 16.7. The maximum Gasteiger partial charge on any atom is 0.408 e. The summed E-state index contributed by atoms with van der Waals surface area (Å²) in [5, 5.41) is 3.02. The molecule has 0 spiro atoms. The molecule has 0 aromatic heterocycles. The van der Waals surface area contributed by atoms with Gasteiger partial charge in [-0.25, -0.2) is 14.4 Å². The molecule has 0 aliphatic carbocycles. The molecule has 2 saturated heterocycles. The SMILES string of the molecule is CC(C)(C)OC(=O)N[C@@H](CCCC(=O)ON1C(=O)CCC1=O)C(=O)ON1C(=O)CCC1=O. The van der Waals surface area contributed by atoms with E-state index in [9.17, 15) is 33.6 Å². The Bertz CT molecular complexity index is 800. The van der Waals surface area contributed by atoms with Gasteiger partial charge in [-0.1, -0.05) is 0 Å². The van der Waals surface area contributed by atoms with E-state index in [4.69, 9.17) is 14.4 Å². The zero-order valence-electron chi connectivity index (χ0n) is 18.0. The number of hydrogen-bond donors (Lipinski definition) is 1. The van der Waals surface area contributed by atoms with Crippen molar-refractivity contribution in [3.63, 3.8) is 0 Å². The zero-order chi connectivity index (χ0) is 24.1. The second-order valence-corrected chi connectivity index (χ2v) is 8.13. The third-order valence-corrected chi connectivity index (χ3v) is 4.24. The summed E-state index contributed by atoms with van der Waals surface area (Å²) in [6.45, 7) is 4.83. The minimum atomic E-state index is -1.35. The Balaban J connectivity index is 1.94. The predicted molar refractivity (Wildman–Crippen MR) is 101 cm³/mol. The van der Waals surface area contributed by atoms with Gasteiger partial charge in [0.05, 0.1) is 0 Å². The van der Waals surface area contributed by atoms with Crippen LogP contribution in [0.3, 0.4) is 0 Å². The number of imide groups is 2. The Labute approximate surface area is 183 Å². The van der Waals surface area contributed by atoms with Gasteiger partial charge in [0.15, 0.2) is 0 Å². The summed E-state index contributed by atoms with van der Waals surface area (Å²) in [7, 11) is 0. The van der Waals surface area contributed by atoms with Crippen LogP contribution >= 0.6 is 0 Å². The number of hydroxylamine groups is 4. The molecule has 0 saturated carbocycles. The molecule has 5 amide bonds. The Morgan fingerprint density at radius 3 is 1.81 bits per heavy atom. The lowest BCUT2D eigenvalue weighted by Crippen LogP contribution is -2.47. The highest BCUT2D eigenvalue weighted by Gasteiger charge is 2.36. The third-order valence-electron chi connectivity index (χ3n) is 4.24.